The Kier molecular flexibility index (Phi) is 4.57. The molecule has 1 unspecified atom stereocenters. The van der Waals surface area contributed by atoms with Gasteiger partial charge in [-0.3, -0.25) is 0 Å². The van der Waals surface area contributed by atoms with Gasteiger partial charge in [0, 0.05) is 16.0 Å². The number of hydrogen-bond donors (Lipinski definition) is 0. The third-order valence-electron chi connectivity index (χ3n) is 1.71. The summed E-state index contributed by atoms with van der Waals surface area (Å²) in [5, 5.41) is 0. The maximum atomic E-state index is 5.55. The zero-order valence-corrected chi connectivity index (χ0v) is 10.9. The fourth-order valence-corrected chi connectivity index (χ4v) is 1.53. The zero-order chi connectivity index (χ0) is 10.6. The van der Waals surface area contributed by atoms with Gasteiger partial charge < -0.3 is 4.74 Å². The van der Waals surface area contributed by atoms with Crippen LogP contribution in [0.4, 0.5) is 0 Å². The summed E-state index contributed by atoms with van der Waals surface area (Å²) in [4.78, 5) is 8.17. The lowest BCUT2D eigenvalue weighted by Gasteiger charge is -2.14. The minimum absolute atomic E-state index is 0.176. The molecule has 3 nitrogen and oxygen atoms in total. The normalized spacial score (nSPS) is 12.9. The summed E-state index contributed by atoms with van der Waals surface area (Å²) in [6, 6.07) is 0.471. The summed E-state index contributed by atoms with van der Waals surface area (Å²) in [5.41, 5.74) is 0. The summed E-state index contributed by atoms with van der Waals surface area (Å²) in [7, 11) is 0. The van der Waals surface area contributed by atoms with E-state index in [2.05, 4.69) is 46.4 Å². The molecule has 0 fully saturated rings. The van der Waals surface area contributed by atoms with Gasteiger partial charge in [-0.05, 0) is 41.9 Å². The van der Waals surface area contributed by atoms with E-state index in [1.165, 1.54) is 0 Å². The van der Waals surface area contributed by atoms with E-state index < -0.39 is 0 Å². The minimum Gasteiger partial charge on any atom is -0.460 e. The second kappa shape index (κ2) is 5.48. The van der Waals surface area contributed by atoms with Gasteiger partial charge in [0.05, 0.1) is 6.10 Å². The third-order valence-corrected chi connectivity index (χ3v) is 2.26. The molecule has 0 bridgehead atoms. The second-order valence-corrected chi connectivity index (χ2v) is 4.99. The van der Waals surface area contributed by atoms with E-state index in [9.17, 15) is 0 Å². The molecule has 1 aromatic heterocycles. The van der Waals surface area contributed by atoms with Crippen LogP contribution in [-0.2, 0) is 0 Å². The predicted octanol–water partition coefficient (Wildman–Crippen LogP) is 2.89. The Bertz CT molecular complexity index is 274. The van der Waals surface area contributed by atoms with Crippen molar-refractivity contribution >= 4 is 22.6 Å². The van der Waals surface area contributed by atoms with Gasteiger partial charge in [0.25, 0.3) is 0 Å². The van der Waals surface area contributed by atoms with Crippen LogP contribution in [0.5, 0.6) is 6.01 Å². The van der Waals surface area contributed by atoms with Crippen LogP contribution in [0.25, 0.3) is 0 Å². The number of halogens is 1. The van der Waals surface area contributed by atoms with Crippen molar-refractivity contribution < 1.29 is 4.74 Å². The highest BCUT2D eigenvalue weighted by molar-refractivity contribution is 14.1. The Balaban J connectivity index is 2.47. The average molecular weight is 306 g/mol. The highest BCUT2D eigenvalue weighted by Crippen LogP contribution is 2.11. The van der Waals surface area contributed by atoms with Crippen molar-refractivity contribution in [1.29, 1.82) is 0 Å². The number of nitrogens with zero attached hydrogens (tertiary/aromatic N) is 2. The molecule has 0 aliphatic carbocycles. The van der Waals surface area contributed by atoms with Crippen molar-refractivity contribution in [2.75, 3.05) is 0 Å². The molecular weight excluding hydrogens is 291 g/mol. The fraction of sp³-hybridized carbons (Fsp3) is 0.600. The highest BCUT2D eigenvalue weighted by atomic mass is 127. The first-order valence-corrected chi connectivity index (χ1v) is 5.80. The van der Waals surface area contributed by atoms with E-state index in [0.717, 1.165) is 9.99 Å². The smallest absolute Gasteiger partial charge is 0.316 e. The summed E-state index contributed by atoms with van der Waals surface area (Å²) in [5.74, 6) is 0.633. The summed E-state index contributed by atoms with van der Waals surface area (Å²) in [6.07, 6.45) is 4.71. The highest BCUT2D eigenvalue weighted by Gasteiger charge is 2.07. The minimum atomic E-state index is 0.176. The molecule has 0 aliphatic rings. The maximum Gasteiger partial charge on any atom is 0.316 e. The molecule has 1 atom stereocenters. The average Bonchev–Trinajstić information content (AvgIpc) is 2.07. The Labute approximate surface area is 98.4 Å². The van der Waals surface area contributed by atoms with E-state index in [-0.39, 0.29) is 6.10 Å². The van der Waals surface area contributed by atoms with Gasteiger partial charge in [-0.25, -0.2) is 9.97 Å². The van der Waals surface area contributed by atoms with Gasteiger partial charge in [0.2, 0.25) is 0 Å². The Morgan fingerprint density at radius 3 is 2.36 bits per heavy atom. The zero-order valence-electron chi connectivity index (χ0n) is 8.70. The molecule has 1 rings (SSSR count). The lowest BCUT2D eigenvalue weighted by atomic mass is 10.1. The van der Waals surface area contributed by atoms with Crippen LogP contribution in [0.3, 0.4) is 0 Å². The van der Waals surface area contributed by atoms with Crippen molar-refractivity contribution in [2.45, 2.75) is 33.3 Å². The van der Waals surface area contributed by atoms with E-state index >= 15 is 0 Å². The molecule has 0 spiro atoms. The monoisotopic (exact) mass is 306 g/mol. The lowest BCUT2D eigenvalue weighted by Crippen LogP contribution is -2.15. The van der Waals surface area contributed by atoms with E-state index in [1.807, 2.05) is 6.92 Å². The van der Waals surface area contributed by atoms with E-state index in [4.69, 9.17) is 4.74 Å². The number of ether oxygens (including phenoxy) is 1. The maximum absolute atomic E-state index is 5.55. The van der Waals surface area contributed by atoms with Crippen molar-refractivity contribution in [3.63, 3.8) is 0 Å². The van der Waals surface area contributed by atoms with E-state index in [1.54, 1.807) is 12.4 Å². The van der Waals surface area contributed by atoms with Gasteiger partial charge in [-0.2, -0.15) is 0 Å². The molecule has 1 aromatic rings. The van der Waals surface area contributed by atoms with Gasteiger partial charge in [-0.15, -0.1) is 0 Å². The number of aromatic nitrogens is 2. The first-order valence-electron chi connectivity index (χ1n) is 4.72. The van der Waals surface area contributed by atoms with Gasteiger partial charge in [-0.1, -0.05) is 13.8 Å². The van der Waals surface area contributed by atoms with Gasteiger partial charge in [0.1, 0.15) is 0 Å². The van der Waals surface area contributed by atoms with Gasteiger partial charge in [0.15, 0.2) is 0 Å². The molecular formula is C10H15IN2O. The molecule has 1 heterocycles. The molecule has 0 amide bonds. The molecule has 4 heteroatoms. The van der Waals surface area contributed by atoms with E-state index in [0.29, 0.717) is 11.9 Å². The van der Waals surface area contributed by atoms with Crippen LogP contribution in [0.1, 0.15) is 27.2 Å². The number of rotatable bonds is 4. The first kappa shape index (κ1) is 11.7. The summed E-state index contributed by atoms with van der Waals surface area (Å²) >= 11 is 2.17. The van der Waals surface area contributed by atoms with Crippen molar-refractivity contribution in [3.05, 3.63) is 16.0 Å². The number of hydrogen-bond acceptors (Lipinski definition) is 3. The molecule has 0 saturated carbocycles. The fourth-order valence-electron chi connectivity index (χ4n) is 1.25. The molecule has 0 saturated heterocycles. The molecule has 14 heavy (non-hydrogen) atoms. The van der Waals surface area contributed by atoms with Crippen molar-refractivity contribution in [1.82, 2.24) is 9.97 Å². The predicted molar refractivity (Wildman–Crippen MR) is 64.3 cm³/mol. The summed E-state index contributed by atoms with van der Waals surface area (Å²) in [6.45, 7) is 6.39. The van der Waals surface area contributed by atoms with Gasteiger partial charge >= 0.3 is 6.01 Å². The van der Waals surface area contributed by atoms with Crippen molar-refractivity contribution in [2.24, 2.45) is 5.92 Å². The molecule has 0 N–H and O–H groups in total. The van der Waals surface area contributed by atoms with Crippen LogP contribution in [0.2, 0.25) is 0 Å². The molecule has 0 aliphatic heterocycles. The third kappa shape index (κ3) is 4.21. The standard InChI is InChI=1S/C10H15IN2O/c1-7(2)4-8(3)14-10-12-5-9(11)6-13-10/h5-8H,4H2,1-3H3. The van der Waals surface area contributed by atoms with Crippen LogP contribution in [0, 0.1) is 9.49 Å². The SMILES string of the molecule is CC(C)CC(C)Oc1ncc(I)cn1. The van der Waals surface area contributed by atoms with Crippen LogP contribution >= 0.6 is 22.6 Å². The first-order chi connectivity index (χ1) is 6.58. The molecule has 78 valence electrons. The largest absolute Gasteiger partial charge is 0.460 e. The Hall–Kier alpha value is -0.390. The topological polar surface area (TPSA) is 35.0 Å². The van der Waals surface area contributed by atoms with Crippen LogP contribution in [-0.4, -0.2) is 16.1 Å². The van der Waals surface area contributed by atoms with Crippen LogP contribution < -0.4 is 4.74 Å². The van der Waals surface area contributed by atoms with Crippen molar-refractivity contribution in [3.8, 4) is 6.01 Å². The lowest BCUT2D eigenvalue weighted by molar-refractivity contribution is 0.177. The molecule has 0 radical (unpaired) electrons. The quantitative estimate of drug-likeness (QED) is 0.802. The summed E-state index contributed by atoms with van der Waals surface area (Å²) < 4.78 is 6.57. The second-order valence-electron chi connectivity index (χ2n) is 3.74. The van der Waals surface area contributed by atoms with Crippen LogP contribution in [0.15, 0.2) is 12.4 Å². The Morgan fingerprint density at radius 2 is 1.86 bits per heavy atom. The molecule has 0 aromatic carbocycles. The Morgan fingerprint density at radius 1 is 1.29 bits per heavy atom.